The summed E-state index contributed by atoms with van der Waals surface area (Å²) in [5, 5.41) is 90.8. The van der Waals surface area contributed by atoms with E-state index in [4.69, 9.17) is 38.3 Å². The number of aromatic nitrogens is 6. The minimum atomic E-state index is -1.74. The number of carbonyl (C=O) groups is 2. The number of nitrogens with one attached hydrogen (secondary N) is 1. The van der Waals surface area contributed by atoms with Crippen LogP contribution in [0.25, 0.3) is 33.5 Å². The van der Waals surface area contributed by atoms with Crippen molar-refractivity contribution in [3.8, 4) is 28.5 Å². The predicted molar refractivity (Wildman–Crippen MR) is 233 cm³/mol. The number of para-hydroxylation sites is 1. The first-order valence-corrected chi connectivity index (χ1v) is 22.2. The van der Waals surface area contributed by atoms with Gasteiger partial charge in [0.2, 0.25) is 6.29 Å². The molecule has 3 aromatic carbocycles. The molecule has 4 heterocycles. The highest BCUT2D eigenvalue weighted by Crippen LogP contribution is 2.33. The number of aliphatic hydroxyl groups excluding tert-OH is 8. The molecule has 1 aliphatic carbocycles. The Morgan fingerprint density at radius 2 is 1.53 bits per heavy atom. The van der Waals surface area contributed by atoms with E-state index in [9.17, 15) is 45.3 Å². The van der Waals surface area contributed by atoms with Crippen LogP contribution < -0.4 is 4.74 Å². The van der Waals surface area contributed by atoms with Crippen LogP contribution in [0.1, 0.15) is 61.9 Å². The molecular weight excluding hydrogens is 897 g/mol. The van der Waals surface area contributed by atoms with Crippen molar-refractivity contribution in [2.24, 2.45) is 0 Å². The first kappa shape index (κ1) is 50.2. The van der Waals surface area contributed by atoms with E-state index >= 15 is 0 Å². The zero-order valence-electron chi connectivity index (χ0n) is 37.1. The standard InChI is InChI=1S/C33H34N6O6.C12H22O11/c1-3-42-32-34-28-15-9-14-27(31(40)43-21(2)44-33(41)45-24-10-5-4-6-11-24)29(28)39(32)20-22-16-18-23(19-17-22)25-12-7-8-13-26(25)30-35-37-38-36-30;13-1-3-5(15)6(16)9(19)12(22-3)23-10-4(2-14)21-11(20)8(18)7(10)17/h7-9,12-19,21,24H,3-6,10-11,20H2,1-2H3,(H,35,36,37,38);3-20H,1-2H2/t;3-,4-,5+,6+,7-,8-,9-,10-,11-,12+/m.1/s1. The summed E-state index contributed by atoms with van der Waals surface area (Å²) in [4.78, 5) is 30.3. The first-order valence-electron chi connectivity index (χ1n) is 22.2. The summed E-state index contributed by atoms with van der Waals surface area (Å²) in [7, 11) is 0. The third kappa shape index (κ3) is 11.6. The predicted octanol–water partition coefficient (Wildman–Crippen LogP) is 0.922. The molecule has 5 aromatic rings. The van der Waals surface area contributed by atoms with E-state index in [-0.39, 0.29) is 11.7 Å². The Hall–Kier alpha value is -5.70. The maximum absolute atomic E-state index is 13.4. The molecule has 2 aliphatic heterocycles. The van der Waals surface area contributed by atoms with Gasteiger partial charge < -0.3 is 74.0 Å². The fourth-order valence-electron chi connectivity index (χ4n) is 8.19. The van der Waals surface area contributed by atoms with Crippen molar-refractivity contribution >= 4 is 23.2 Å². The van der Waals surface area contributed by atoms with Crippen LogP contribution in [0.3, 0.4) is 0 Å². The third-order valence-electron chi connectivity index (χ3n) is 11.7. The molecule has 8 rings (SSSR count). The fraction of sp³-hybridized carbons (Fsp3) is 0.511. The number of nitrogens with zero attached hydrogens (tertiary/aromatic N) is 5. The number of carbonyl (C=O) groups excluding carboxylic acids is 2. The summed E-state index contributed by atoms with van der Waals surface area (Å²) in [6.07, 6.45) is -12.9. The smallest absolute Gasteiger partial charge is 0.465 e. The number of imidazole rings is 1. The van der Waals surface area contributed by atoms with Crippen molar-refractivity contribution in [2.45, 2.75) is 126 Å². The Labute approximate surface area is 388 Å². The molecule has 0 bridgehead atoms. The fourth-order valence-corrected chi connectivity index (χ4v) is 8.19. The second-order valence-electron chi connectivity index (χ2n) is 16.3. The molecule has 368 valence electrons. The molecule has 0 radical (unpaired) electrons. The molecule has 68 heavy (non-hydrogen) atoms. The van der Waals surface area contributed by atoms with Gasteiger partial charge >= 0.3 is 12.1 Å². The second-order valence-corrected chi connectivity index (χ2v) is 16.3. The van der Waals surface area contributed by atoms with Crippen molar-refractivity contribution in [2.75, 3.05) is 19.8 Å². The quantitative estimate of drug-likeness (QED) is 0.0552. The number of tetrazole rings is 1. The van der Waals surface area contributed by atoms with Gasteiger partial charge in [0.05, 0.1) is 43.0 Å². The maximum atomic E-state index is 13.4. The normalized spacial score (nSPS) is 26.9. The van der Waals surface area contributed by atoms with Crippen LogP contribution in [0.4, 0.5) is 4.79 Å². The van der Waals surface area contributed by atoms with Crippen molar-refractivity contribution in [1.82, 2.24) is 30.2 Å². The number of hydrogen-bond donors (Lipinski definition) is 9. The molecule has 0 amide bonds. The minimum Gasteiger partial charge on any atom is -0.465 e. The molecule has 2 aromatic heterocycles. The van der Waals surface area contributed by atoms with E-state index in [0.717, 1.165) is 54.4 Å². The van der Waals surface area contributed by atoms with Gasteiger partial charge in [-0.25, -0.2) is 14.7 Å². The largest absolute Gasteiger partial charge is 0.511 e. The number of esters is 1. The Balaban J connectivity index is 0.000000250. The van der Waals surface area contributed by atoms with Gasteiger partial charge in [0.1, 0.15) is 54.9 Å². The summed E-state index contributed by atoms with van der Waals surface area (Å²) in [5.74, 6) is -0.0715. The number of rotatable bonds is 14. The van der Waals surface area contributed by atoms with Crippen LogP contribution in [-0.4, -0.2) is 177 Å². The monoisotopic (exact) mass is 952 g/mol. The SMILES string of the molecule is CCOc1nc2cccc(C(=O)OC(C)OC(=O)OC3CCCCC3)c2n1Cc1ccc(-c2ccccc2-c2nnn[nH]2)cc1.OC[C@H]1O[C@@H](O[C@H]2[C@H](O)[C@@H](O)[C@H](O)O[C@@H]2CO)[C@H](O)[C@@H](O)[C@H]1O. The molecule has 11 atom stereocenters. The lowest BCUT2D eigenvalue weighted by Crippen LogP contribution is -2.64. The van der Waals surface area contributed by atoms with Crippen molar-refractivity contribution in [1.29, 1.82) is 0 Å². The zero-order chi connectivity index (χ0) is 48.5. The first-order chi connectivity index (χ1) is 32.8. The molecule has 0 spiro atoms. The van der Waals surface area contributed by atoms with Gasteiger partial charge in [-0.15, -0.1) is 5.10 Å². The lowest BCUT2D eigenvalue weighted by atomic mass is 9.97. The maximum Gasteiger partial charge on any atom is 0.511 e. The van der Waals surface area contributed by atoms with E-state index in [2.05, 4.69) is 25.6 Å². The van der Waals surface area contributed by atoms with Crippen LogP contribution >= 0.6 is 0 Å². The lowest BCUT2D eigenvalue weighted by Gasteiger charge is -2.45. The summed E-state index contributed by atoms with van der Waals surface area (Å²) < 4.78 is 39.2. The summed E-state index contributed by atoms with van der Waals surface area (Å²) in [6, 6.07) is 21.5. The van der Waals surface area contributed by atoms with E-state index in [1.165, 1.54) is 6.92 Å². The second kappa shape index (κ2) is 23.1. The topological polar surface area (TPSA) is 333 Å². The highest BCUT2D eigenvalue weighted by Gasteiger charge is 2.50. The molecule has 1 saturated carbocycles. The van der Waals surface area contributed by atoms with Crippen molar-refractivity contribution < 1.29 is 83.6 Å². The number of aromatic amines is 1. The third-order valence-corrected chi connectivity index (χ3v) is 11.7. The Morgan fingerprint density at radius 1 is 0.809 bits per heavy atom. The molecule has 23 heteroatoms. The van der Waals surface area contributed by atoms with E-state index in [1.807, 2.05) is 66.1 Å². The molecular formula is C45H56N6O17. The number of aliphatic hydroxyl groups is 8. The van der Waals surface area contributed by atoms with Gasteiger partial charge in [0, 0.05) is 12.5 Å². The molecule has 23 nitrogen and oxygen atoms in total. The average molecular weight is 953 g/mol. The number of H-pyrrole nitrogens is 1. The Bertz CT molecular complexity index is 2400. The number of fused-ring (bicyclic) bond motifs is 1. The van der Waals surface area contributed by atoms with Crippen LogP contribution in [0, 0.1) is 0 Å². The average Bonchev–Trinajstić information content (AvgIpc) is 4.01. The minimum absolute atomic E-state index is 0.163. The van der Waals surface area contributed by atoms with Gasteiger partial charge in [-0.2, -0.15) is 4.98 Å². The zero-order valence-corrected chi connectivity index (χ0v) is 37.1. The highest BCUT2D eigenvalue weighted by atomic mass is 16.8. The molecule has 3 aliphatic rings. The summed E-state index contributed by atoms with van der Waals surface area (Å²) in [6.45, 7) is 2.79. The number of hydrogen-bond acceptors (Lipinski definition) is 21. The van der Waals surface area contributed by atoms with Gasteiger partial charge in [-0.3, -0.25) is 4.57 Å². The van der Waals surface area contributed by atoms with E-state index in [0.29, 0.717) is 36.0 Å². The van der Waals surface area contributed by atoms with Crippen molar-refractivity contribution in [3.05, 3.63) is 77.9 Å². The van der Waals surface area contributed by atoms with Crippen LogP contribution in [0.5, 0.6) is 6.01 Å². The van der Waals surface area contributed by atoms with Crippen LogP contribution in [-0.2, 0) is 35.0 Å². The van der Waals surface area contributed by atoms with E-state index < -0.39 is 93.0 Å². The van der Waals surface area contributed by atoms with E-state index in [1.54, 1.807) is 12.1 Å². The highest BCUT2D eigenvalue weighted by molar-refractivity contribution is 6.02. The molecule has 2 saturated heterocycles. The van der Waals surface area contributed by atoms with Crippen LogP contribution in [0.2, 0.25) is 0 Å². The Kier molecular flexibility index (Phi) is 17.0. The van der Waals surface area contributed by atoms with Gasteiger partial charge in [-0.05, 0) is 71.9 Å². The number of benzene rings is 3. The molecule has 9 N–H and O–H groups in total. The summed E-state index contributed by atoms with van der Waals surface area (Å²) >= 11 is 0. The molecule has 1 unspecified atom stereocenters. The molecule has 3 fully saturated rings. The van der Waals surface area contributed by atoms with Crippen LogP contribution in [0.15, 0.2) is 66.7 Å². The lowest BCUT2D eigenvalue weighted by molar-refractivity contribution is -0.355. The van der Waals surface area contributed by atoms with Gasteiger partial charge in [0.25, 0.3) is 6.01 Å². The van der Waals surface area contributed by atoms with Crippen molar-refractivity contribution in [3.63, 3.8) is 0 Å². The summed E-state index contributed by atoms with van der Waals surface area (Å²) in [5.41, 5.74) is 5.22. The Morgan fingerprint density at radius 3 is 2.21 bits per heavy atom. The number of ether oxygens (including phenoxy) is 7. The van der Waals surface area contributed by atoms with Gasteiger partial charge in [0.15, 0.2) is 18.4 Å². The van der Waals surface area contributed by atoms with Gasteiger partial charge in [-0.1, -0.05) is 61.0 Å².